The zero-order valence-corrected chi connectivity index (χ0v) is 13.0. The van der Waals surface area contributed by atoms with E-state index in [9.17, 15) is 4.79 Å². The minimum absolute atomic E-state index is 0.00161. The molecule has 0 atom stereocenters. The van der Waals surface area contributed by atoms with Gasteiger partial charge in [0.1, 0.15) is 5.01 Å². The molecular weight excluding hydrogens is 282 g/mol. The maximum absolute atomic E-state index is 12.1. The number of hydrogen-bond acceptors (Lipinski definition) is 4. The van der Waals surface area contributed by atoms with Gasteiger partial charge in [-0.25, -0.2) is 4.98 Å². The summed E-state index contributed by atoms with van der Waals surface area (Å²) in [5.41, 5.74) is 1.90. The molecule has 1 heterocycles. The summed E-state index contributed by atoms with van der Waals surface area (Å²) in [4.78, 5) is 19.3. The fourth-order valence-corrected chi connectivity index (χ4v) is 2.85. The highest BCUT2D eigenvalue weighted by Gasteiger charge is 2.15. The number of rotatable bonds is 5. The molecule has 5 heteroatoms. The molecule has 0 spiro atoms. The van der Waals surface area contributed by atoms with Crippen molar-refractivity contribution in [1.29, 1.82) is 5.26 Å². The van der Waals surface area contributed by atoms with Gasteiger partial charge < -0.3 is 4.90 Å². The summed E-state index contributed by atoms with van der Waals surface area (Å²) in [5, 5.41) is 9.50. The minimum Gasteiger partial charge on any atom is -0.344 e. The van der Waals surface area contributed by atoms with E-state index >= 15 is 0 Å². The highest BCUT2D eigenvalue weighted by molar-refractivity contribution is 7.15. The van der Waals surface area contributed by atoms with Crippen LogP contribution in [-0.4, -0.2) is 29.4 Å². The number of aromatic nitrogens is 1. The van der Waals surface area contributed by atoms with Crippen molar-refractivity contribution in [3.63, 3.8) is 0 Å². The number of benzene rings is 1. The Labute approximate surface area is 128 Å². The summed E-state index contributed by atoms with van der Waals surface area (Å²) in [6, 6.07) is 12.0. The predicted octanol–water partition coefficient (Wildman–Crippen LogP) is 3.03. The van der Waals surface area contributed by atoms with Crippen molar-refractivity contribution in [2.24, 2.45) is 0 Å². The fourth-order valence-electron chi connectivity index (χ4n) is 1.92. The molecule has 108 valence electrons. The summed E-state index contributed by atoms with van der Waals surface area (Å²) in [6.45, 7) is 2.45. The number of nitrogens with zero attached hydrogens (tertiary/aromatic N) is 3. The topological polar surface area (TPSA) is 57.0 Å². The normalized spacial score (nSPS) is 10.1. The molecule has 0 aliphatic rings. The number of nitriles is 1. The van der Waals surface area contributed by atoms with Crippen LogP contribution in [-0.2, 0) is 11.2 Å². The van der Waals surface area contributed by atoms with Crippen LogP contribution in [0.3, 0.4) is 0 Å². The van der Waals surface area contributed by atoms with E-state index in [1.54, 1.807) is 23.3 Å². The van der Waals surface area contributed by atoms with Crippen molar-refractivity contribution in [2.45, 2.75) is 19.8 Å². The molecule has 21 heavy (non-hydrogen) atoms. The molecule has 0 saturated carbocycles. The molecule has 0 aliphatic carbocycles. The van der Waals surface area contributed by atoms with Gasteiger partial charge in [0.2, 0.25) is 5.91 Å². The standard InChI is InChI=1S/C16H17N3OS/c1-12-14(11-15(20)19(2)10-6-9-17)18-16(21-12)13-7-4-3-5-8-13/h3-5,7-8H,6,10-11H2,1-2H3. The van der Waals surface area contributed by atoms with E-state index in [4.69, 9.17) is 5.26 Å². The Hall–Kier alpha value is -2.19. The number of hydrogen-bond donors (Lipinski definition) is 0. The first-order valence-corrected chi connectivity index (χ1v) is 7.56. The van der Waals surface area contributed by atoms with Crippen molar-refractivity contribution < 1.29 is 4.79 Å². The Kier molecular flexibility index (Phi) is 5.07. The quantitative estimate of drug-likeness (QED) is 0.852. The Balaban J connectivity index is 2.10. The van der Waals surface area contributed by atoms with Gasteiger partial charge in [-0.05, 0) is 6.92 Å². The first-order chi connectivity index (χ1) is 10.1. The molecular formula is C16H17N3OS. The Bertz CT molecular complexity index is 658. The molecule has 4 nitrogen and oxygen atoms in total. The summed E-state index contributed by atoms with van der Waals surface area (Å²) >= 11 is 1.60. The molecule has 0 N–H and O–H groups in total. The van der Waals surface area contributed by atoms with Crippen molar-refractivity contribution in [2.75, 3.05) is 13.6 Å². The summed E-state index contributed by atoms with van der Waals surface area (Å²) < 4.78 is 0. The first kappa shape index (κ1) is 15.2. The number of carbonyl (C=O) groups excluding carboxylic acids is 1. The van der Waals surface area contributed by atoms with E-state index in [-0.39, 0.29) is 12.3 Å². The van der Waals surface area contributed by atoms with E-state index in [1.165, 1.54) is 0 Å². The molecule has 0 bridgehead atoms. The third-order valence-electron chi connectivity index (χ3n) is 3.22. The van der Waals surface area contributed by atoms with Crippen LogP contribution in [0.15, 0.2) is 30.3 Å². The lowest BCUT2D eigenvalue weighted by Crippen LogP contribution is -2.29. The molecule has 0 aliphatic heterocycles. The fraction of sp³-hybridized carbons (Fsp3) is 0.312. The predicted molar refractivity (Wildman–Crippen MR) is 83.9 cm³/mol. The van der Waals surface area contributed by atoms with Crippen LogP contribution in [0.2, 0.25) is 0 Å². The number of likely N-dealkylation sites (N-methyl/N-ethyl adjacent to an activating group) is 1. The van der Waals surface area contributed by atoms with Crippen LogP contribution in [0.1, 0.15) is 17.0 Å². The van der Waals surface area contributed by atoms with Crippen molar-refractivity contribution in [3.8, 4) is 16.6 Å². The number of thiazole rings is 1. The third-order valence-corrected chi connectivity index (χ3v) is 4.28. The monoisotopic (exact) mass is 299 g/mol. The van der Waals surface area contributed by atoms with E-state index in [0.717, 1.165) is 21.1 Å². The molecule has 1 aromatic heterocycles. The zero-order chi connectivity index (χ0) is 15.2. The molecule has 0 unspecified atom stereocenters. The van der Waals surface area contributed by atoms with Gasteiger partial charge in [-0.2, -0.15) is 5.26 Å². The van der Waals surface area contributed by atoms with Gasteiger partial charge in [0, 0.05) is 24.0 Å². The van der Waals surface area contributed by atoms with Crippen LogP contribution in [0.4, 0.5) is 0 Å². The third kappa shape index (κ3) is 3.89. The number of carbonyl (C=O) groups is 1. The van der Waals surface area contributed by atoms with Crippen LogP contribution >= 0.6 is 11.3 Å². The molecule has 1 amide bonds. The minimum atomic E-state index is -0.00161. The second-order valence-corrected chi connectivity index (χ2v) is 5.99. The van der Waals surface area contributed by atoms with Crippen molar-refractivity contribution in [1.82, 2.24) is 9.88 Å². The Morgan fingerprint density at radius 2 is 2.10 bits per heavy atom. The van der Waals surface area contributed by atoms with E-state index in [2.05, 4.69) is 4.98 Å². The first-order valence-electron chi connectivity index (χ1n) is 6.74. The smallest absolute Gasteiger partial charge is 0.228 e. The average Bonchev–Trinajstić information content (AvgIpc) is 2.86. The summed E-state index contributed by atoms with van der Waals surface area (Å²) in [7, 11) is 1.72. The van der Waals surface area contributed by atoms with Gasteiger partial charge in [-0.1, -0.05) is 30.3 Å². The van der Waals surface area contributed by atoms with Gasteiger partial charge in [-0.15, -0.1) is 11.3 Å². The van der Waals surface area contributed by atoms with Gasteiger partial charge in [-0.3, -0.25) is 4.79 Å². The molecule has 2 aromatic rings. The molecule has 0 fully saturated rings. The lowest BCUT2D eigenvalue weighted by Gasteiger charge is -2.14. The largest absolute Gasteiger partial charge is 0.344 e. The van der Waals surface area contributed by atoms with Gasteiger partial charge in [0.05, 0.1) is 24.6 Å². The van der Waals surface area contributed by atoms with Gasteiger partial charge in [0.15, 0.2) is 0 Å². The van der Waals surface area contributed by atoms with Crippen LogP contribution in [0.5, 0.6) is 0 Å². The van der Waals surface area contributed by atoms with Gasteiger partial charge >= 0.3 is 0 Å². The molecule has 0 radical (unpaired) electrons. The van der Waals surface area contributed by atoms with Crippen molar-refractivity contribution in [3.05, 3.63) is 40.9 Å². The van der Waals surface area contributed by atoms with Crippen molar-refractivity contribution >= 4 is 17.2 Å². The summed E-state index contributed by atoms with van der Waals surface area (Å²) in [6.07, 6.45) is 0.644. The van der Waals surface area contributed by atoms with E-state index in [1.807, 2.05) is 43.3 Å². The van der Waals surface area contributed by atoms with E-state index in [0.29, 0.717) is 13.0 Å². The molecule has 1 aromatic carbocycles. The average molecular weight is 299 g/mol. The lowest BCUT2D eigenvalue weighted by molar-refractivity contribution is -0.129. The Morgan fingerprint density at radius 1 is 1.38 bits per heavy atom. The maximum Gasteiger partial charge on any atom is 0.228 e. The molecule has 0 saturated heterocycles. The number of aryl methyl sites for hydroxylation is 1. The Morgan fingerprint density at radius 3 is 2.76 bits per heavy atom. The summed E-state index contributed by atoms with van der Waals surface area (Å²) in [5.74, 6) is -0.00161. The SMILES string of the molecule is Cc1sc(-c2ccccc2)nc1CC(=O)N(C)CCC#N. The second-order valence-electron chi connectivity index (χ2n) is 4.79. The number of amides is 1. The van der Waals surface area contributed by atoms with Crippen LogP contribution in [0, 0.1) is 18.3 Å². The van der Waals surface area contributed by atoms with E-state index < -0.39 is 0 Å². The highest BCUT2D eigenvalue weighted by Crippen LogP contribution is 2.27. The van der Waals surface area contributed by atoms with Gasteiger partial charge in [0.25, 0.3) is 0 Å². The zero-order valence-electron chi connectivity index (χ0n) is 12.2. The van der Waals surface area contributed by atoms with Crippen LogP contribution in [0.25, 0.3) is 10.6 Å². The highest BCUT2D eigenvalue weighted by atomic mass is 32.1. The molecule has 2 rings (SSSR count). The lowest BCUT2D eigenvalue weighted by atomic mass is 10.2. The maximum atomic E-state index is 12.1. The second kappa shape index (κ2) is 7.00. The van der Waals surface area contributed by atoms with Crippen LogP contribution < -0.4 is 0 Å².